The van der Waals surface area contributed by atoms with E-state index in [9.17, 15) is 13.6 Å². The van der Waals surface area contributed by atoms with Gasteiger partial charge in [0.05, 0.1) is 16.5 Å². The average Bonchev–Trinajstić information content (AvgIpc) is 2.43. The van der Waals surface area contributed by atoms with Crippen LogP contribution in [0.2, 0.25) is 0 Å². The summed E-state index contributed by atoms with van der Waals surface area (Å²) in [4.78, 5) is 11.7. The second-order valence-corrected chi connectivity index (χ2v) is 5.26. The number of ether oxygens (including phenoxy) is 1. The van der Waals surface area contributed by atoms with E-state index in [2.05, 4.69) is 15.9 Å². The lowest BCUT2D eigenvalue weighted by Crippen LogP contribution is -2.10. The molecule has 0 saturated heterocycles. The third kappa shape index (κ3) is 4.01. The van der Waals surface area contributed by atoms with Gasteiger partial charge in [-0.3, -0.25) is 4.79 Å². The molecule has 0 spiro atoms. The van der Waals surface area contributed by atoms with E-state index in [1.807, 2.05) is 0 Å². The third-order valence-corrected chi connectivity index (χ3v) is 3.43. The Bertz CT molecular complexity index is 677. The van der Waals surface area contributed by atoms with Crippen LogP contribution in [0.1, 0.15) is 11.1 Å². The maximum Gasteiger partial charge on any atom is 0.310 e. The highest BCUT2D eigenvalue weighted by molar-refractivity contribution is 9.10. The Hall–Kier alpha value is -1.95. The first-order valence-electron chi connectivity index (χ1n) is 6.10. The van der Waals surface area contributed by atoms with Crippen LogP contribution in [0.15, 0.2) is 40.9 Å². The molecule has 0 saturated carbocycles. The molecule has 0 amide bonds. The third-order valence-electron chi connectivity index (χ3n) is 2.82. The van der Waals surface area contributed by atoms with E-state index in [0.29, 0.717) is 11.3 Å². The Balaban J connectivity index is 2.00. The lowest BCUT2D eigenvalue weighted by atomic mass is 10.1. The van der Waals surface area contributed by atoms with Crippen molar-refractivity contribution in [3.8, 4) is 0 Å². The topological polar surface area (TPSA) is 52.3 Å². The molecule has 0 unspecified atom stereocenters. The molecule has 0 atom stereocenters. The zero-order valence-electron chi connectivity index (χ0n) is 10.9. The van der Waals surface area contributed by atoms with Gasteiger partial charge in [-0.1, -0.05) is 12.1 Å². The van der Waals surface area contributed by atoms with Crippen LogP contribution in [0.3, 0.4) is 0 Å². The number of nitrogen functional groups attached to an aromatic ring is 1. The number of benzene rings is 2. The highest BCUT2D eigenvalue weighted by Gasteiger charge is 2.14. The van der Waals surface area contributed by atoms with Crippen LogP contribution in [0.4, 0.5) is 14.5 Å². The molecule has 2 N–H and O–H groups in total. The van der Waals surface area contributed by atoms with Crippen LogP contribution in [-0.4, -0.2) is 5.97 Å². The van der Waals surface area contributed by atoms with E-state index in [0.717, 1.165) is 6.07 Å². The zero-order chi connectivity index (χ0) is 15.4. The van der Waals surface area contributed by atoms with Crippen LogP contribution in [-0.2, 0) is 22.6 Å². The zero-order valence-corrected chi connectivity index (χ0v) is 12.5. The standard InChI is InChI=1S/C15H12BrF2NO2/c16-12-4-5-13(17)11(15(12)18)8-21-14(20)7-9-2-1-3-10(19)6-9/h1-6H,7-8,19H2. The highest BCUT2D eigenvalue weighted by Crippen LogP contribution is 2.22. The monoisotopic (exact) mass is 355 g/mol. The van der Waals surface area contributed by atoms with Gasteiger partial charge in [-0.2, -0.15) is 0 Å². The molecule has 2 rings (SSSR count). The van der Waals surface area contributed by atoms with Crippen molar-refractivity contribution in [1.29, 1.82) is 0 Å². The molecule has 0 fully saturated rings. The SMILES string of the molecule is Nc1cccc(CC(=O)OCc2c(F)ccc(Br)c2F)c1. The van der Waals surface area contributed by atoms with Crippen molar-refractivity contribution in [2.45, 2.75) is 13.0 Å². The summed E-state index contributed by atoms with van der Waals surface area (Å²) in [6.45, 7) is -0.460. The van der Waals surface area contributed by atoms with Crippen molar-refractivity contribution >= 4 is 27.6 Å². The number of hydrogen-bond acceptors (Lipinski definition) is 3. The van der Waals surface area contributed by atoms with Crippen LogP contribution in [0.5, 0.6) is 0 Å². The molecule has 6 heteroatoms. The van der Waals surface area contributed by atoms with E-state index in [1.165, 1.54) is 6.07 Å². The average molecular weight is 356 g/mol. The van der Waals surface area contributed by atoms with Gasteiger partial charge in [0.15, 0.2) is 0 Å². The number of anilines is 1. The number of halogens is 3. The molecule has 110 valence electrons. The lowest BCUT2D eigenvalue weighted by Gasteiger charge is -2.08. The van der Waals surface area contributed by atoms with Crippen molar-refractivity contribution in [2.75, 3.05) is 5.73 Å². The van der Waals surface area contributed by atoms with E-state index in [-0.39, 0.29) is 16.5 Å². The van der Waals surface area contributed by atoms with Gasteiger partial charge in [-0.15, -0.1) is 0 Å². The number of hydrogen-bond donors (Lipinski definition) is 1. The predicted octanol–water partition coefficient (Wildman–Crippen LogP) is 3.60. The molecular weight excluding hydrogens is 344 g/mol. The minimum Gasteiger partial charge on any atom is -0.460 e. The minimum absolute atomic E-state index is 0.0116. The number of rotatable bonds is 4. The van der Waals surface area contributed by atoms with Gasteiger partial charge in [0.2, 0.25) is 0 Å². The summed E-state index contributed by atoms with van der Waals surface area (Å²) in [5.74, 6) is -2.11. The summed E-state index contributed by atoms with van der Waals surface area (Å²) in [5.41, 5.74) is 6.52. The predicted molar refractivity (Wildman–Crippen MR) is 78.4 cm³/mol. The summed E-state index contributed by atoms with van der Waals surface area (Å²) < 4.78 is 32.2. The summed E-state index contributed by atoms with van der Waals surface area (Å²) in [6.07, 6.45) is -0.0116. The highest BCUT2D eigenvalue weighted by atomic mass is 79.9. The van der Waals surface area contributed by atoms with Crippen LogP contribution in [0, 0.1) is 11.6 Å². The van der Waals surface area contributed by atoms with Crippen molar-refractivity contribution in [3.63, 3.8) is 0 Å². The number of carbonyl (C=O) groups is 1. The van der Waals surface area contributed by atoms with Gasteiger partial charge in [-0.05, 0) is 45.8 Å². The van der Waals surface area contributed by atoms with Crippen molar-refractivity contribution in [2.24, 2.45) is 0 Å². The second kappa shape index (κ2) is 6.67. The molecule has 3 nitrogen and oxygen atoms in total. The molecule has 0 aliphatic carbocycles. The molecule has 0 aliphatic heterocycles. The molecule has 0 aliphatic rings. The molecule has 0 bridgehead atoms. The first-order valence-corrected chi connectivity index (χ1v) is 6.89. The maximum absolute atomic E-state index is 13.7. The van der Waals surface area contributed by atoms with E-state index in [1.54, 1.807) is 24.3 Å². The molecule has 2 aromatic rings. The van der Waals surface area contributed by atoms with Crippen LogP contribution in [0.25, 0.3) is 0 Å². The van der Waals surface area contributed by atoms with Crippen molar-refractivity contribution in [1.82, 2.24) is 0 Å². The minimum atomic E-state index is -0.772. The molecule has 0 radical (unpaired) electrons. The van der Waals surface area contributed by atoms with Gasteiger partial charge in [0.1, 0.15) is 18.2 Å². The maximum atomic E-state index is 13.7. The summed E-state index contributed by atoms with van der Waals surface area (Å²) >= 11 is 2.95. The van der Waals surface area contributed by atoms with Crippen molar-refractivity contribution in [3.05, 3.63) is 63.6 Å². The van der Waals surface area contributed by atoms with Gasteiger partial charge < -0.3 is 10.5 Å². The quantitative estimate of drug-likeness (QED) is 0.518. The van der Waals surface area contributed by atoms with Gasteiger partial charge in [0, 0.05) is 5.69 Å². The van der Waals surface area contributed by atoms with E-state index >= 15 is 0 Å². The fraction of sp³-hybridized carbons (Fsp3) is 0.133. The fourth-order valence-corrected chi connectivity index (χ4v) is 2.15. The molecule has 0 aromatic heterocycles. The fourth-order valence-electron chi connectivity index (χ4n) is 1.77. The van der Waals surface area contributed by atoms with Crippen LogP contribution >= 0.6 is 15.9 Å². The summed E-state index contributed by atoms with van der Waals surface area (Å²) in [7, 11) is 0. The van der Waals surface area contributed by atoms with Gasteiger partial charge in [-0.25, -0.2) is 8.78 Å². The Labute approximate surface area is 128 Å². The van der Waals surface area contributed by atoms with Crippen molar-refractivity contribution < 1.29 is 18.3 Å². The lowest BCUT2D eigenvalue weighted by molar-refractivity contribution is -0.144. The molecule has 2 aromatic carbocycles. The van der Waals surface area contributed by atoms with E-state index in [4.69, 9.17) is 10.5 Å². The largest absolute Gasteiger partial charge is 0.460 e. The smallest absolute Gasteiger partial charge is 0.310 e. The first kappa shape index (κ1) is 15.4. The van der Waals surface area contributed by atoms with E-state index < -0.39 is 24.2 Å². The van der Waals surface area contributed by atoms with Gasteiger partial charge >= 0.3 is 5.97 Å². The number of esters is 1. The Morgan fingerprint density at radius 2 is 2.00 bits per heavy atom. The Morgan fingerprint density at radius 1 is 1.24 bits per heavy atom. The first-order chi connectivity index (χ1) is 9.97. The summed E-state index contributed by atoms with van der Waals surface area (Å²) in [6, 6.07) is 9.13. The second-order valence-electron chi connectivity index (χ2n) is 4.40. The Morgan fingerprint density at radius 3 is 2.71 bits per heavy atom. The molecule has 0 heterocycles. The van der Waals surface area contributed by atoms with Crippen LogP contribution < -0.4 is 5.73 Å². The summed E-state index contributed by atoms with van der Waals surface area (Å²) in [5, 5.41) is 0. The molecular formula is C15H12BrF2NO2. The number of nitrogens with two attached hydrogens (primary N) is 1. The Kier molecular flexibility index (Phi) is 4.90. The molecule has 21 heavy (non-hydrogen) atoms. The number of carbonyl (C=O) groups excluding carboxylic acids is 1. The normalized spacial score (nSPS) is 10.4. The van der Waals surface area contributed by atoms with Gasteiger partial charge in [0.25, 0.3) is 0 Å².